The summed E-state index contributed by atoms with van der Waals surface area (Å²) in [5.41, 5.74) is 2.10. The summed E-state index contributed by atoms with van der Waals surface area (Å²) in [4.78, 5) is 23.6. The smallest absolute Gasteiger partial charge is 0.312 e. The van der Waals surface area contributed by atoms with Gasteiger partial charge in [-0.3, -0.25) is 14.9 Å². The van der Waals surface area contributed by atoms with Crippen LogP contribution in [0.4, 0.5) is 5.69 Å². The maximum atomic E-state index is 12.4. The summed E-state index contributed by atoms with van der Waals surface area (Å²) in [5, 5.41) is 23.8. The van der Waals surface area contributed by atoms with Crippen LogP contribution in [0.5, 0.6) is 11.5 Å². The van der Waals surface area contributed by atoms with Crippen LogP contribution >= 0.6 is 0 Å². The van der Waals surface area contributed by atoms with Crippen molar-refractivity contribution in [3.63, 3.8) is 0 Å². The van der Waals surface area contributed by atoms with Gasteiger partial charge in [0.2, 0.25) is 5.75 Å². The number of nitro groups is 1. The average Bonchev–Trinajstić information content (AvgIpc) is 2.83. The number of amides is 1. The molecule has 0 aromatic heterocycles. The Bertz CT molecular complexity index is 1270. The van der Waals surface area contributed by atoms with Gasteiger partial charge < -0.3 is 10.1 Å². The molecule has 3 aromatic rings. The Morgan fingerprint density at radius 1 is 1.09 bits per heavy atom. The topological polar surface area (TPSA) is 105 Å². The highest BCUT2D eigenvalue weighted by Crippen LogP contribution is 2.34. The SMILES string of the molecule is CC(C)(C)c1ccc(Oc2ccc(C=C(C#N)C(=O)NCCc3ccccc3)cc2[N+](=O)[O-])cc1. The minimum Gasteiger partial charge on any atom is -0.450 e. The molecule has 0 bridgehead atoms. The molecule has 0 heterocycles. The number of nitrogens with zero attached hydrogens (tertiary/aromatic N) is 2. The van der Waals surface area contributed by atoms with Crippen LogP contribution in [0.3, 0.4) is 0 Å². The molecule has 1 N–H and O–H groups in total. The first kappa shape index (κ1) is 25.2. The summed E-state index contributed by atoms with van der Waals surface area (Å²) in [6, 6.07) is 23.2. The molecule has 0 unspecified atom stereocenters. The highest BCUT2D eigenvalue weighted by molar-refractivity contribution is 6.01. The van der Waals surface area contributed by atoms with Crippen molar-refractivity contribution in [2.24, 2.45) is 0 Å². The second-order valence-electron chi connectivity index (χ2n) is 9.02. The van der Waals surface area contributed by atoms with Gasteiger partial charge in [-0.05, 0) is 52.8 Å². The molecular formula is C28H27N3O4. The summed E-state index contributed by atoms with van der Waals surface area (Å²) < 4.78 is 5.76. The van der Waals surface area contributed by atoms with Crippen molar-refractivity contribution in [2.75, 3.05) is 6.54 Å². The van der Waals surface area contributed by atoms with E-state index in [0.717, 1.165) is 11.1 Å². The molecule has 0 radical (unpaired) electrons. The molecule has 0 spiro atoms. The molecule has 1 amide bonds. The van der Waals surface area contributed by atoms with Crippen LogP contribution in [-0.2, 0) is 16.6 Å². The summed E-state index contributed by atoms with van der Waals surface area (Å²) >= 11 is 0. The number of nitrogens with one attached hydrogen (secondary N) is 1. The Kier molecular flexibility index (Phi) is 8.00. The minimum atomic E-state index is -0.553. The van der Waals surface area contributed by atoms with Gasteiger partial charge in [-0.2, -0.15) is 5.26 Å². The molecule has 0 aliphatic carbocycles. The Morgan fingerprint density at radius 3 is 2.37 bits per heavy atom. The number of carbonyl (C=O) groups excluding carboxylic acids is 1. The van der Waals surface area contributed by atoms with Gasteiger partial charge in [-0.15, -0.1) is 0 Å². The molecule has 0 aliphatic heterocycles. The van der Waals surface area contributed by atoms with Crippen LogP contribution < -0.4 is 10.1 Å². The number of nitro benzene ring substituents is 1. The van der Waals surface area contributed by atoms with E-state index in [-0.39, 0.29) is 22.4 Å². The lowest BCUT2D eigenvalue weighted by molar-refractivity contribution is -0.385. The summed E-state index contributed by atoms with van der Waals surface area (Å²) in [5.74, 6) is 0.00623. The summed E-state index contributed by atoms with van der Waals surface area (Å²) in [6.07, 6.45) is 1.95. The van der Waals surface area contributed by atoms with Crippen LogP contribution in [0.2, 0.25) is 0 Å². The second kappa shape index (κ2) is 11.1. The molecule has 0 aliphatic rings. The summed E-state index contributed by atoms with van der Waals surface area (Å²) in [7, 11) is 0. The number of hydrogen-bond acceptors (Lipinski definition) is 5. The molecule has 0 atom stereocenters. The van der Waals surface area contributed by atoms with Gasteiger partial charge in [0, 0.05) is 12.6 Å². The molecular weight excluding hydrogens is 442 g/mol. The van der Waals surface area contributed by atoms with Gasteiger partial charge in [-0.1, -0.05) is 69.3 Å². The molecule has 3 rings (SSSR count). The van der Waals surface area contributed by atoms with Crippen molar-refractivity contribution in [1.29, 1.82) is 5.26 Å². The monoisotopic (exact) mass is 469 g/mol. The lowest BCUT2D eigenvalue weighted by atomic mass is 9.87. The highest BCUT2D eigenvalue weighted by Gasteiger charge is 2.18. The lowest BCUT2D eigenvalue weighted by Gasteiger charge is -2.19. The maximum absolute atomic E-state index is 12.4. The molecule has 35 heavy (non-hydrogen) atoms. The van der Waals surface area contributed by atoms with Gasteiger partial charge in [0.1, 0.15) is 17.4 Å². The number of benzene rings is 3. The van der Waals surface area contributed by atoms with Crippen molar-refractivity contribution in [1.82, 2.24) is 5.32 Å². The van der Waals surface area contributed by atoms with Crippen LogP contribution in [0.15, 0.2) is 78.4 Å². The van der Waals surface area contributed by atoms with Crippen molar-refractivity contribution >= 4 is 17.7 Å². The van der Waals surface area contributed by atoms with Crippen LogP contribution in [0, 0.1) is 21.4 Å². The van der Waals surface area contributed by atoms with Crippen LogP contribution in [-0.4, -0.2) is 17.4 Å². The first-order valence-electron chi connectivity index (χ1n) is 11.2. The molecule has 7 nitrogen and oxygen atoms in total. The Labute approximate surface area is 204 Å². The quantitative estimate of drug-likeness (QED) is 0.190. The van der Waals surface area contributed by atoms with E-state index in [1.165, 1.54) is 18.2 Å². The van der Waals surface area contributed by atoms with Crippen molar-refractivity contribution in [3.8, 4) is 17.6 Å². The predicted octanol–water partition coefficient (Wildman–Crippen LogP) is 5.95. The fourth-order valence-corrected chi connectivity index (χ4v) is 3.38. The largest absolute Gasteiger partial charge is 0.450 e. The lowest BCUT2D eigenvalue weighted by Crippen LogP contribution is -2.26. The number of nitriles is 1. The predicted molar refractivity (Wildman–Crippen MR) is 135 cm³/mol. The van der Waals surface area contributed by atoms with E-state index in [9.17, 15) is 20.2 Å². The van der Waals surface area contributed by atoms with Gasteiger partial charge in [0.05, 0.1) is 4.92 Å². The van der Waals surface area contributed by atoms with E-state index in [2.05, 4.69) is 26.1 Å². The molecule has 0 saturated carbocycles. The van der Waals surface area contributed by atoms with E-state index < -0.39 is 10.8 Å². The summed E-state index contributed by atoms with van der Waals surface area (Å²) in [6.45, 7) is 6.65. The fourth-order valence-electron chi connectivity index (χ4n) is 3.38. The normalized spacial score (nSPS) is 11.4. The second-order valence-corrected chi connectivity index (χ2v) is 9.02. The van der Waals surface area contributed by atoms with Gasteiger partial charge in [0.15, 0.2) is 0 Å². The number of carbonyl (C=O) groups is 1. The zero-order valence-corrected chi connectivity index (χ0v) is 19.9. The number of hydrogen-bond donors (Lipinski definition) is 1. The van der Waals surface area contributed by atoms with Gasteiger partial charge in [0.25, 0.3) is 5.91 Å². The zero-order chi connectivity index (χ0) is 25.4. The average molecular weight is 470 g/mol. The van der Waals surface area contributed by atoms with Crippen molar-refractivity contribution < 1.29 is 14.5 Å². The zero-order valence-electron chi connectivity index (χ0n) is 19.9. The third-order valence-electron chi connectivity index (χ3n) is 5.35. The third-order valence-corrected chi connectivity index (χ3v) is 5.35. The molecule has 178 valence electrons. The van der Waals surface area contributed by atoms with Crippen molar-refractivity contribution in [3.05, 3.63) is 105 Å². The van der Waals surface area contributed by atoms with E-state index in [4.69, 9.17) is 4.74 Å². The minimum absolute atomic E-state index is 0.0230. The van der Waals surface area contributed by atoms with Crippen molar-refractivity contribution in [2.45, 2.75) is 32.6 Å². The van der Waals surface area contributed by atoms with Gasteiger partial charge >= 0.3 is 5.69 Å². The Morgan fingerprint density at radius 2 is 1.77 bits per heavy atom. The Hall–Kier alpha value is -4.44. The molecule has 0 fully saturated rings. The number of ether oxygens (including phenoxy) is 1. The third kappa shape index (κ3) is 7.02. The highest BCUT2D eigenvalue weighted by atomic mass is 16.6. The first-order chi connectivity index (χ1) is 16.7. The molecule has 3 aromatic carbocycles. The Balaban J connectivity index is 1.74. The standard InChI is InChI=1S/C28H27N3O4/c1-28(2,3)23-10-12-24(13-11-23)35-26-14-9-21(18-25(26)31(33)34)17-22(19-29)27(32)30-16-15-20-7-5-4-6-8-20/h4-14,17-18H,15-16H2,1-3H3,(H,30,32). The fraction of sp³-hybridized carbons (Fsp3) is 0.214. The molecule has 7 heteroatoms. The molecule has 0 saturated heterocycles. The van der Waals surface area contributed by atoms with E-state index in [1.54, 1.807) is 18.2 Å². The van der Waals surface area contributed by atoms with E-state index in [1.807, 2.05) is 48.5 Å². The van der Waals surface area contributed by atoms with Crippen LogP contribution in [0.25, 0.3) is 6.08 Å². The van der Waals surface area contributed by atoms with E-state index >= 15 is 0 Å². The maximum Gasteiger partial charge on any atom is 0.312 e. The van der Waals surface area contributed by atoms with Crippen LogP contribution in [0.1, 0.15) is 37.5 Å². The first-order valence-corrected chi connectivity index (χ1v) is 11.2. The van der Waals surface area contributed by atoms with Gasteiger partial charge in [-0.25, -0.2) is 0 Å². The number of rotatable bonds is 8. The van der Waals surface area contributed by atoms with E-state index in [0.29, 0.717) is 24.3 Å².